The largest absolute Gasteiger partial charge is 0.484 e. The first-order valence-corrected chi connectivity index (χ1v) is 11.1. The van der Waals surface area contributed by atoms with Crippen LogP contribution in [0.5, 0.6) is 5.75 Å². The molecule has 0 aliphatic rings. The van der Waals surface area contributed by atoms with Crippen LogP contribution in [0.1, 0.15) is 18.1 Å². The van der Waals surface area contributed by atoms with Crippen molar-refractivity contribution >= 4 is 21.6 Å². The van der Waals surface area contributed by atoms with Crippen LogP contribution in [0.3, 0.4) is 0 Å². The summed E-state index contributed by atoms with van der Waals surface area (Å²) in [6.07, 6.45) is 1.18. The van der Waals surface area contributed by atoms with Gasteiger partial charge >= 0.3 is 0 Å². The molecule has 0 radical (unpaired) electrons. The lowest BCUT2D eigenvalue weighted by Crippen LogP contribution is -2.38. The topological polar surface area (TPSA) is 84.9 Å². The highest BCUT2D eigenvalue weighted by Crippen LogP contribution is 2.24. The molecule has 1 amide bonds. The zero-order valence-electron chi connectivity index (χ0n) is 17.2. The molecule has 1 N–H and O–H groups in total. The van der Waals surface area contributed by atoms with Gasteiger partial charge < -0.3 is 14.8 Å². The summed E-state index contributed by atoms with van der Waals surface area (Å²) in [6.45, 7) is 4.34. The average Bonchev–Trinajstić information content (AvgIpc) is 2.65. The Morgan fingerprint density at radius 1 is 1.10 bits per heavy atom. The summed E-state index contributed by atoms with van der Waals surface area (Å²) in [6, 6.07) is 14.2. The highest BCUT2D eigenvalue weighted by atomic mass is 32.2. The zero-order chi connectivity index (χ0) is 21.4. The molecule has 0 heterocycles. The molecule has 2 rings (SSSR count). The van der Waals surface area contributed by atoms with Gasteiger partial charge in [0.25, 0.3) is 5.91 Å². The molecule has 2 aromatic rings. The Kier molecular flexibility index (Phi) is 8.04. The fraction of sp³-hybridized carbons (Fsp3) is 0.381. The lowest BCUT2D eigenvalue weighted by atomic mass is 10.1. The van der Waals surface area contributed by atoms with Crippen molar-refractivity contribution in [1.29, 1.82) is 0 Å². The summed E-state index contributed by atoms with van der Waals surface area (Å²) in [7, 11) is -1.90. The highest BCUT2D eigenvalue weighted by Gasteiger charge is 2.18. The van der Waals surface area contributed by atoms with Crippen LogP contribution in [-0.2, 0) is 26.1 Å². The van der Waals surface area contributed by atoms with Crippen LogP contribution in [0.2, 0.25) is 0 Å². The van der Waals surface area contributed by atoms with Gasteiger partial charge in [-0.25, -0.2) is 8.42 Å². The van der Waals surface area contributed by atoms with Crippen LogP contribution in [0.15, 0.2) is 48.5 Å². The molecule has 0 saturated carbocycles. The smallest absolute Gasteiger partial charge is 0.258 e. The molecular formula is C21H28N2O5S. The molecular weight excluding hydrogens is 392 g/mol. The van der Waals surface area contributed by atoms with Gasteiger partial charge in [0.2, 0.25) is 10.0 Å². The maximum Gasteiger partial charge on any atom is 0.258 e. The fourth-order valence-corrected chi connectivity index (χ4v) is 3.61. The van der Waals surface area contributed by atoms with E-state index in [2.05, 4.69) is 5.32 Å². The standard InChI is InChI=1S/C21H28N2O5S/c1-16-5-7-18(8-6-16)13-23(29(4,25)26)19-9-11-20(12-10-19)28-15-21(24)22-17(2)14-27-3/h5-12,17H,13-15H2,1-4H3,(H,22,24)/t17-/m1/s1. The number of aryl methyl sites for hydroxylation is 1. The van der Waals surface area contributed by atoms with Crippen molar-refractivity contribution in [3.63, 3.8) is 0 Å². The molecule has 0 spiro atoms. The summed E-state index contributed by atoms with van der Waals surface area (Å²) < 4.78 is 36.4. The molecule has 0 bridgehead atoms. The highest BCUT2D eigenvalue weighted by molar-refractivity contribution is 7.92. The number of carbonyl (C=O) groups excluding carboxylic acids is 1. The second-order valence-corrected chi connectivity index (χ2v) is 8.87. The van der Waals surface area contributed by atoms with Crippen molar-refractivity contribution in [1.82, 2.24) is 5.32 Å². The van der Waals surface area contributed by atoms with Gasteiger partial charge in [-0.3, -0.25) is 9.10 Å². The van der Waals surface area contributed by atoms with Gasteiger partial charge in [0.1, 0.15) is 5.75 Å². The van der Waals surface area contributed by atoms with Gasteiger partial charge in [-0.1, -0.05) is 29.8 Å². The van der Waals surface area contributed by atoms with Crippen LogP contribution in [-0.4, -0.2) is 46.9 Å². The Morgan fingerprint density at radius 2 is 1.72 bits per heavy atom. The molecule has 158 valence electrons. The van der Waals surface area contributed by atoms with E-state index in [1.807, 2.05) is 38.1 Å². The second-order valence-electron chi connectivity index (χ2n) is 6.96. The molecule has 0 fully saturated rings. The summed E-state index contributed by atoms with van der Waals surface area (Å²) in [5.74, 6) is 0.225. The lowest BCUT2D eigenvalue weighted by Gasteiger charge is -2.23. The first-order chi connectivity index (χ1) is 13.7. The van der Waals surface area contributed by atoms with Crippen molar-refractivity contribution < 1.29 is 22.7 Å². The number of sulfonamides is 1. The zero-order valence-corrected chi connectivity index (χ0v) is 18.0. The van der Waals surface area contributed by atoms with E-state index in [1.54, 1.807) is 31.4 Å². The average molecular weight is 421 g/mol. The van der Waals surface area contributed by atoms with E-state index in [4.69, 9.17) is 9.47 Å². The molecule has 0 aliphatic heterocycles. The quantitative estimate of drug-likeness (QED) is 0.638. The minimum Gasteiger partial charge on any atom is -0.484 e. The lowest BCUT2D eigenvalue weighted by molar-refractivity contribution is -0.124. The van der Waals surface area contributed by atoms with Crippen molar-refractivity contribution in [2.75, 3.05) is 30.9 Å². The van der Waals surface area contributed by atoms with Crippen LogP contribution < -0.4 is 14.4 Å². The maximum atomic E-state index is 12.3. The van der Waals surface area contributed by atoms with E-state index >= 15 is 0 Å². The molecule has 29 heavy (non-hydrogen) atoms. The molecule has 0 aliphatic carbocycles. The first-order valence-electron chi connectivity index (χ1n) is 9.23. The van der Waals surface area contributed by atoms with Gasteiger partial charge in [0.15, 0.2) is 6.61 Å². The van der Waals surface area contributed by atoms with E-state index in [1.165, 1.54) is 10.6 Å². The predicted octanol–water partition coefficient (Wildman–Crippen LogP) is 2.49. The third-order valence-corrected chi connectivity index (χ3v) is 5.31. The third kappa shape index (κ3) is 7.40. The Labute approximate surface area is 172 Å². The molecule has 2 aromatic carbocycles. The van der Waals surface area contributed by atoms with E-state index < -0.39 is 10.0 Å². The number of benzene rings is 2. The number of amides is 1. The van der Waals surface area contributed by atoms with Crippen molar-refractivity contribution in [3.8, 4) is 5.75 Å². The van der Waals surface area contributed by atoms with E-state index in [0.29, 0.717) is 18.0 Å². The van der Waals surface area contributed by atoms with E-state index in [0.717, 1.165) is 11.1 Å². The summed E-state index contributed by atoms with van der Waals surface area (Å²) in [5.41, 5.74) is 2.53. The van der Waals surface area contributed by atoms with Crippen LogP contribution in [0.25, 0.3) is 0 Å². The maximum absolute atomic E-state index is 12.3. The monoisotopic (exact) mass is 420 g/mol. The summed E-state index contributed by atoms with van der Waals surface area (Å²) >= 11 is 0. The Morgan fingerprint density at radius 3 is 2.28 bits per heavy atom. The minimum absolute atomic E-state index is 0.108. The molecule has 0 aromatic heterocycles. The Balaban J connectivity index is 2.03. The van der Waals surface area contributed by atoms with Crippen LogP contribution >= 0.6 is 0 Å². The number of nitrogens with one attached hydrogen (secondary N) is 1. The van der Waals surface area contributed by atoms with Crippen LogP contribution in [0.4, 0.5) is 5.69 Å². The molecule has 0 saturated heterocycles. The number of hydrogen-bond donors (Lipinski definition) is 1. The van der Waals surface area contributed by atoms with Gasteiger partial charge in [0, 0.05) is 13.2 Å². The number of nitrogens with zero attached hydrogens (tertiary/aromatic N) is 1. The molecule has 7 nitrogen and oxygen atoms in total. The van der Waals surface area contributed by atoms with E-state index in [9.17, 15) is 13.2 Å². The van der Waals surface area contributed by atoms with Crippen molar-refractivity contribution in [2.45, 2.75) is 26.4 Å². The third-order valence-electron chi connectivity index (χ3n) is 4.17. The number of carbonyl (C=O) groups is 1. The number of anilines is 1. The molecule has 1 atom stereocenters. The van der Waals surface area contributed by atoms with Crippen molar-refractivity contribution in [2.24, 2.45) is 0 Å². The fourth-order valence-electron chi connectivity index (χ4n) is 2.72. The minimum atomic E-state index is -3.47. The molecule has 8 heteroatoms. The second kappa shape index (κ2) is 10.3. The normalized spacial score (nSPS) is 12.3. The summed E-state index contributed by atoms with van der Waals surface area (Å²) in [5, 5.41) is 2.76. The summed E-state index contributed by atoms with van der Waals surface area (Å²) in [4.78, 5) is 11.9. The SMILES string of the molecule is COC[C@@H](C)NC(=O)COc1ccc(N(Cc2ccc(C)cc2)S(C)(=O)=O)cc1. The molecule has 0 unspecified atom stereocenters. The number of hydrogen-bond acceptors (Lipinski definition) is 5. The number of ether oxygens (including phenoxy) is 2. The number of rotatable bonds is 10. The van der Waals surface area contributed by atoms with Gasteiger partial charge in [-0.2, -0.15) is 0 Å². The van der Waals surface area contributed by atoms with Gasteiger partial charge in [-0.15, -0.1) is 0 Å². The van der Waals surface area contributed by atoms with Gasteiger partial charge in [0.05, 0.1) is 25.1 Å². The van der Waals surface area contributed by atoms with Crippen LogP contribution in [0, 0.1) is 6.92 Å². The van der Waals surface area contributed by atoms with Crippen molar-refractivity contribution in [3.05, 3.63) is 59.7 Å². The first kappa shape index (κ1) is 22.7. The Bertz CT molecular complexity index is 896. The van der Waals surface area contributed by atoms with Gasteiger partial charge in [-0.05, 0) is 43.7 Å². The van der Waals surface area contributed by atoms with E-state index in [-0.39, 0.29) is 25.1 Å². The predicted molar refractivity (Wildman–Crippen MR) is 114 cm³/mol. The Hall–Kier alpha value is -2.58. The number of methoxy groups -OCH3 is 1.